The first-order valence-corrected chi connectivity index (χ1v) is 8.45. The second-order valence-corrected chi connectivity index (χ2v) is 6.92. The molecule has 1 aliphatic heterocycles. The summed E-state index contributed by atoms with van der Waals surface area (Å²) in [4.78, 5) is 19.4. The molecule has 124 valence electrons. The van der Waals surface area contributed by atoms with Crippen LogP contribution in [0, 0.1) is 5.92 Å². The lowest BCUT2D eigenvalue weighted by molar-refractivity contribution is -0.121. The summed E-state index contributed by atoms with van der Waals surface area (Å²) in [6.45, 7) is 7.55. The number of nitrogens with one attached hydrogen (secondary N) is 1. The van der Waals surface area contributed by atoms with Crippen molar-refractivity contribution in [1.29, 1.82) is 0 Å². The molecule has 1 amide bonds. The Morgan fingerprint density at radius 2 is 2.17 bits per heavy atom. The van der Waals surface area contributed by atoms with Crippen LogP contribution in [0.15, 0.2) is 24.3 Å². The summed E-state index contributed by atoms with van der Waals surface area (Å²) < 4.78 is 2.05. The van der Waals surface area contributed by atoms with E-state index in [2.05, 4.69) is 40.7 Å². The summed E-state index contributed by atoms with van der Waals surface area (Å²) in [5, 5.41) is 3.10. The van der Waals surface area contributed by atoms with E-state index in [4.69, 9.17) is 0 Å². The monoisotopic (exact) mass is 314 g/mol. The molecule has 0 bridgehead atoms. The summed E-state index contributed by atoms with van der Waals surface area (Å²) in [5.41, 5.74) is 1.99. The maximum absolute atomic E-state index is 12.4. The second kappa shape index (κ2) is 6.71. The van der Waals surface area contributed by atoms with Gasteiger partial charge in [-0.05, 0) is 38.1 Å². The van der Waals surface area contributed by atoms with Crippen LogP contribution in [0.2, 0.25) is 0 Å². The van der Waals surface area contributed by atoms with Gasteiger partial charge in [0.2, 0.25) is 5.91 Å². The molecule has 2 aromatic rings. The zero-order valence-corrected chi connectivity index (χ0v) is 14.2. The van der Waals surface area contributed by atoms with Gasteiger partial charge in [0.25, 0.3) is 0 Å². The summed E-state index contributed by atoms with van der Waals surface area (Å²) in [7, 11) is 2.13. The summed E-state index contributed by atoms with van der Waals surface area (Å²) >= 11 is 0. The minimum atomic E-state index is 0.0737. The van der Waals surface area contributed by atoms with Crippen molar-refractivity contribution in [3.8, 4) is 0 Å². The Morgan fingerprint density at radius 1 is 1.39 bits per heavy atom. The molecule has 0 aliphatic carbocycles. The fourth-order valence-corrected chi connectivity index (χ4v) is 3.35. The summed E-state index contributed by atoms with van der Waals surface area (Å²) in [6.07, 6.45) is 1.17. The number of rotatable bonds is 5. The lowest BCUT2D eigenvalue weighted by Crippen LogP contribution is -2.33. The Bertz CT molecular complexity index is 691. The number of aromatic nitrogens is 2. The molecule has 5 nitrogen and oxygen atoms in total. The van der Waals surface area contributed by atoms with E-state index in [9.17, 15) is 4.79 Å². The molecule has 3 rings (SSSR count). The van der Waals surface area contributed by atoms with Gasteiger partial charge in [-0.25, -0.2) is 4.98 Å². The second-order valence-electron chi connectivity index (χ2n) is 6.92. The van der Waals surface area contributed by atoms with Crippen LogP contribution in [0.4, 0.5) is 0 Å². The average molecular weight is 314 g/mol. The van der Waals surface area contributed by atoms with Crippen LogP contribution in [-0.4, -0.2) is 47.0 Å². The van der Waals surface area contributed by atoms with Crippen molar-refractivity contribution >= 4 is 16.9 Å². The first kappa shape index (κ1) is 16.0. The van der Waals surface area contributed by atoms with E-state index in [1.54, 1.807) is 0 Å². The van der Waals surface area contributed by atoms with Crippen LogP contribution in [0.1, 0.15) is 32.0 Å². The largest absolute Gasteiger partial charge is 0.354 e. The maximum atomic E-state index is 12.4. The molecule has 1 N–H and O–H groups in total. The molecule has 1 fully saturated rings. The fourth-order valence-electron chi connectivity index (χ4n) is 3.35. The van der Waals surface area contributed by atoms with Gasteiger partial charge in [0.15, 0.2) is 0 Å². The molecule has 5 heteroatoms. The van der Waals surface area contributed by atoms with E-state index in [0.717, 1.165) is 36.5 Å². The normalized spacial score (nSPS) is 18.9. The SMILES string of the molecule is CC(C)c1nc2ccccc2n1CC(=O)NC[C@@H]1CCN(C)C1. The van der Waals surface area contributed by atoms with Crippen LogP contribution in [0.3, 0.4) is 0 Å². The molecular formula is C18H26N4O. The Balaban J connectivity index is 1.70. The summed E-state index contributed by atoms with van der Waals surface area (Å²) in [5.74, 6) is 1.92. The third-order valence-corrected chi connectivity index (χ3v) is 4.58. The van der Waals surface area contributed by atoms with Crippen molar-refractivity contribution in [2.75, 3.05) is 26.7 Å². The van der Waals surface area contributed by atoms with Crippen molar-refractivity contribution in [3.05, 3.63) is 30.1 Å². The average Bonchev–Trinajstić information content (AvgIpc) is 3.10. The van der Waals surface area contributed by atoms with Gasteiger partial charge in [-0.3, -0.25) is 4.79 Å². The smallest absolute Gasteiger partial charge is 0.240 e. The predicted molar refractivity (Wildman–Crippen MR) is 92.4 cm³/mol. The molecule has 0 unspecified atom stereocenters. The molecule has 1 aromatic heterocycles. The number of imidazole rings is 1. The van der Waals surface area contributed by atoms with E-state index in [1.807, 2.05) is 24.3 Å². The Hall–Kier alpha value is -1.88. The quantitative estimate of drug-likeness (QED) is 0.921. The minimum Gasteiger partial charge on any atom is -0.354 e. The molecule has 0 spiro atoms. The molecule has 0 radical (unpaired) electrons. The first-order valence-electron chi connectivity index (χ1n) is 8.45. The van der Waals surface area contributed by atoms with Crippen molar-refractivity contribution in [2.45, 2.75) is 32.7 Å². The zero-order valence-electron chi connectivity index (χ0n) is 14.2. The van der Waals surface area contributed by atoms with Gasteiger partial charge in [0.1, 0.15) is 12.4 Å². The highest BCUT2D eigenvalue weighted by Gasteiger charge is 2.20. The Morgan fingerprint density at radius 3 is 2.87 bits per heavy atom. The minimum absolute atomic E-state index is 0.0737. The molecule has 1 atom stereocenters. The molecule has 2 heterocycles. The van der Waals surface area contributed by atoms with Crippen LogP contribution >= 0.6 is 0 Å². The molecule has 1 saturated heterocycles. The van der Waals surface area contributed by atoms with Crippen molar-refractivity contribution in [2.24, 2.45) is 5.92 Å². The molecule has 1 aromatic carbocycles. The van der Waals surface area contributed by atoms with Gasteiger partial charge in [-0.2, -0.15) is 0 Å². The van der Waals surface area contributed by atoms with Crippen molar-refractivity contribution in [3.63, 3.8) is 0 Å². The first-order chi connectivity index (χ1) is 11.0. The molecular weight excluding hydrogens is 288 g/mol. The van der Waals surface area contributed by atoms with Crippen LogP contribution < -0.4 is 5.32 Å². The van der Waals surface area contributed by atoms with Crippen LogP contribution in [0.25, 0.3) is 11.0 Å². The number of likely N-dealkylation sites (tertiary alicyclic amines) is 1. The van der Waals surface area contributed by atoms with E-state index in [0.29, 0.717) is 18.4 Å². The topological polar surface area (TPSA) is 50.2 Å². The third kappa shape index (κ3) is 3.55. The van der Waals surface area contributed by atoms with E-state index in [-0.39, 0.29) is 5.91 Å². The lowest BCUT2D eigenvalue weighted by atomic mass is 10.1. The van der Waals surface area contributed by atoms with Crippen molar-refractivity contribution in [1.82, 2.24) is 19.8 Å². The number of para-hydroxylation sites is 2. The highest BCUT2D eigenvalue weighted by Crippen LogP contribution is 2.21. The predicted octanol–water partition coefficient (Wildman–Crippen LogP) is 2.23. The fraction of sp³-hybridized carbons (Fsp3) is 0.556. The number of carbonyl (C=O) groups excluding carboxylic acids is 1. The lowest BCUT2D eigenvalue weighted by Gasteiger charge is -2.14. The van der Waals surface area contributed by atoms with Crippen molar-refractivity contribution < 1.29 is 4.79 Å². The number of benzene rings is 1. The zero-order chi connectivity index (χ0) is 16.4. The van der Waals surface area contributed by atoms with E-state index in [1.165, 1.54) is 6.42 Å². The molecule has 0 saturated carbocycles. The van der Waals surface area contributed by atoms with Gasteiger partial charge >= 0.3 is 0 Å². The number of carbonyl (C=O) groups is 1. The van der Waals surface area contributed by atoms with Crippen LogP contribution in [0.5, 0.6) is 0 Å². The maximum Gasteiger partial charge on any atom is 0.240 e. The van der Waals surface area contributed by atoms with E-state index >= 15 is 0 Å². The molecule has 23 heavy (non-hydrogen) atoms. The van der Waals surface area contributed by atoms with Gasteiger partial charge in [0.05, 0.1) is 11.0 Å². The van der Waals surface area contributed by atoms with Gasteiger partial charge < -0.3 is 14.8 Å². The van der Waals surface area contributed by atoms with Gasteiger partial charge in [-0.1, -0.05) is 26.0 Å². The Labute approximate surface area is 137 Å². The molecule has 1 aliphatic rings. The van der Waals surface area contributed by atoms with Crippen LogP contribution in [-0.2, 0) is 11.3 Å². The standard InChI is InChI=1S/C18H26N4O/c1-13(2)18-20-15-6-4-5-7-16(15)22(18)12-17(23)19-10-14-8-9-21(3)11-14/h4-7,13-14H,8-12H2,1-3H3,(H,19,23)/t14-/m0/s1. The van der Waals surface area contributed by atoms with E-state index < -0.39 is 0 Å². The highest BCUT2D eigenvalue weighted by atomic mass is 16.1. The number of hydrogen-bond acceptors (Lipinski definition) is 3. The number of hydrogen-bond donors (Lipinski definition) is 1. The number of amides is 1. The highest BCUT2D eigenvalue weighted by molar-refractivity contribution is 5.81. The number of fused-ring (bicyclic) bond motifs is 1. The third-order valence-electron chi connectivity index (χ3n) is 4.58. The number of nitrogens with zero attached hydrogens (tertiary/aromatic N) is 3. The Kier molecular flexibility index (Phi) is 4.66. The van der Waals surface area contributed by atoms with Gasteiger partial charge in [0, 0.05) is 19.0 Å². The van der Waals surface area contributed by atoms with Gasteiger partial charge in [-0.15, -0.1) is 0 Å². The summed E-state index contributed by atoms with van der Waals surface area (Å²) in [6, 6.07) is 8.02.